The van der Waals surface area contributed by atoms with E-state index in [0.29, 0.717) is 12.3 Å². The van der Waals surface area contributed by atoms with Gasteiger partial charge in [-0.05, 0) is 43.2 Å². The minimum atomic E-state index is -0.302. The molecule has 1 aliphatic heterocycles. The maximum absolute atomic E-state index is 12.3. The highest BCUT2D eigenvalue weighted by molar-refractivity contribution is 5.98. The van der Waals surface area contributed by atoms with E-state index in [9.17, 15) is 9.59 Å². The van der Waals surface area contributed by atoms with Crippen molar-refractivity contribution in [2.75, 3.05) is 23.9 Å². The molecule has 6 heteroatoms. The molecule has 1 fully saturated rings. The topological polar surface area (TPSA) is 70.7 Å². The normalized spacial score (nSPS) is 16.5. The number of ether oxygens (including phenoxy) is 1. The van der Waals surface area contributed by atoms with Crippen LogP contribution in [0.5, 0.6) is 5.75 Å². The van der Waals surface area contributed by atoms with Gasteiger partial charge >= 0.3 is 6.03 Å². The molecule has 1 atom stereocenters. The molecule has 0 spiro atoms. The molecule has 2 aromatic carbocycles. The standard InChI is InChI=1S/C20H23N3O3/c1-13-6-4-9-18(14(13)2)22-20(25)21-15-10-19(24)23(12-15)16-7-5-8-17(11-16)26-3/h4-9,11,15H,10,12H2,1-3H3,(H2,21,22,25)/t15-/m0/s1. The van der Waals surface area contributed by atoms with Gasteiger partial charge in [-0.2, -0.15) is 0 Å². The average molecular weight is 353 g/mol. The van der Waals surface area contributed by atoms with Gasteiger partial charge in [0.05, 0.1) is 13.2 Å². The van der Waals surface area contributed by atoms with Crippen molar-refractivity contribution in [3.63, 3.8) is 0 Å². The van der Waals surface area contributed by atoms with Crippen LogP contribution < -0.4 is 20.3 Å². The minimum absolute atomic E-state index is 0.0183. The predicted octanol–water partition coefficient (Wildman–Crippen LogP) is 3.24. The van der Waals surface area contributed by atoms with Gasteiger partial charge in [0.15, 0.2) is 0 Å². The molecule has 6 nitrogen and oxygen atoms in total. The van der Waals surface area contributed by atoms with Gasteiger partial charge in [0, 0.05) is 30.4 Å². The number of hydrogen-bond donors (Lipinski definition) is 2. The number of rotatable bonds is 4. The van der Waals surface area contributed by atoms with Crippen molar-refractivity contribution in [1.82, 2.24) is 5.32 Å². The van der Waals surface area contributed by atoms with E-state index in [2.05, 4.69) is 10.6 Å². The second kappa shape index (κ2) is 7.47. The lowest BCUT2D eigenvalue weighted by Crippen LogP contribution is -2.39. The van der Waals surface area contributed by atoms with Crippen LogP contribution in [0.15, 0.2) is 42.5 Å². The Hall–Kier alpha value is -3.02. The van der Waals surface area contributed by atoms with E-state index in [4.69, 9.17) is 4.74 Å². The highest BCUT2D eigenvalue weighted by atomic mass is 16.5. The van der Waals surface area contributed by atoms with Crippen molar-refractivity contribution in [2.45, 2.75) is 26.3 Å². The fourth-order valence-electron chi connectivity index (χ4n) is 3.06. The van der Waals surface area contributed by atoms with Gasteiger partial charge in [0.2, 0.25) is 5.91 Å². The van der Waals surface area contributed by atoms with E-state index in [0.717, 1.165) is 22.5 Å². The number of carbonyl (C=O) groups excluding carboxylic acids is 2. The average Bonchev–Trinajstić information content (AvgIpc) is 2.99. The van der Waals surface area contributed by atoms with E-state index < -0.39 is 0 Å². The lowest BCUT2D eigenvalue weighted by atomic mass is 10.1. The number of nitrogens with zero attached hydrogens (tertiary/aromatic N) is 1. The summed E-state index contributed by atoms with van der Waals surface area (Å²) >= 11 is 0. The van der Waals surface area contributed by atoms with E-state index in [1.807, 2.05) is 56.3 Å². The fraction of sp³-hybridized carbons (Fsp3) is 0.300. The number of hydrogen-bond acceptors (Lipinski definition) is 3. The Bertz CT molecular complexity index is 835. The van der Waals surface area contributed by atoms with Gasteiger partial charge in [0.1, 0.15) is 5.75 Å². The molecule has 2 aromatic rings. The Morgan fingerprint density at radius 1 is 1.19 bits per heavy atom. The Morgan fingerprint density at radius 3 is 2.73 bits per heavy atom. The zero-order chi connectivity index (χ0) is 18.7. The first-order valence-corrected chi connectivity index (χ1v) is 8.56. The second-order valence-corrected chi connectivity index (χ2v) is 6.45. The van der Waals surface area contributed by atoms with E-state index in [1.165, 1.54) is 0 Å². The van der Waals surface area contributed by atoms with Crippen LogP contribution in [0.1, 0.15) is 17.5 Å². The molecule has 0 radical (unpaired) electrons. The molecule has 2 N–H and O–H groups in total. The molecule has 1 saturated heterocycles. The highest BCUT2D eigenvalue weighted by Gasteiger charge is 2.31. The summed E-state index contributed by atoms with van der Waals surface area (Å²) in [6.45, 7) is 4.40. The molecule has 3 rings (SSSR count). The second-order valence-electron chi connectivity index (χ2n) is 6.45. The van der Waals surface area contributed by atoms with Crippen LogP contribution in [0, 0.1) is 13.8 Å². The van der Waals surface area contributed by atoms with Gasteiger partial charge < -0.3 is 20.3 Å². The van der Waals surface area contributed by atoms with Gasteiger partial charge in [-0.25, -0.2) is 4.79 Å². The summed E-state index contributed by atoms with van der Waals surface area (Å²) in [6.07, 6.45) is 0.275. The molecule has 0 aromatic heterocycles. The summed E-state index contributed by atoms with van der Waals surface area (Å²) in [4.78, 5) is 26.3. The first-order valence-electron chi connectivity index (χ1n) is 8.56. The zero-order valence-corrected chi connectivity index (χ0v) is 15.2. The van der Waals surface area contributed by atoms with E-state index >= 15 is 0 Å². The fourth-order valence-corrected chi connectivity index (χ4v) is 3.06. The number of aryl methyl sites for hydroxylation is 1. The third-order valence-electron chi connectivity index (χ3n) is 4.68. The van der Waals surface area contributed by atoms with Crippen LogP contribution in [-0.2, 0) is 4.79 Å². The molecular weight excluding hydrogens is 330 g/mol. The Kier molecular flexibility index (Phi) is 5.11. The number of benzene rings is 2. The maximum atomic E-state index is 12.3. The van der Waals surface area contributed by atoms with Crippen LogP contribution in [0.3, 0.4) is 0 Å². The number of anilines is 2. The molecule has 0 bridgehead atoms. The molecule has 1 heterocycles. The first-order chi connectivity index (χ1) is 12.5. The predicted molar refractivity (Wildman–Crippen MR) is 102 cm³/mol. The summed E-state index contributed by atoms with van der Waals surface area (Å²) in [7, 11) is 1.59. The molecule has 0 aliphatic carbocycles. The number of urea groups is 1. The number of methoxy groups -OCH3 is 1. The lowest BCUT2D eigenvalue weighted by molar-refractivity contribution is -0.117. The molecule has 26 heavy (non-hydrogen) atoms. The number of carbonyl (C=O) groups is 2. The lowest BCUT2D eigenvalue weighted by Gasteiger charge is -2.18. The Labute approximate surface area is 153 Å². The van der Waals surface area contributed by atoms with Gasteiger partial charge in [-0.15, -0.1) is 0 Å². The summed E-state index contributed by atoms with van der Waals surface area (Å²) in [5.41, 5.74) is 3.69. The van der Waals surface area contributed by atoms with Crippen molar-refractivity contribution in [2.24, 2.45) is 0 Å². The highest BCUT2D eigenvalue weighted by Crippen LogP contribution is 2.25. The van der Waals surface area contributed by atoms with Gasteiger partial charge in [-0.1, -0.05) is 18.2 Å². The van der Waals surface area contributed by atoms with E-state index in [1.54, 1.807) is 12.0 Å². The number of nitrogens with one attached hydrogen (secondary N) is 2. The molecular formula is C20H23N3O3. The van der Waals surface area contributed by atoms with Crippen molar-refractivity contribution in [1.29, 1.82) is 0 Å². The van der Waals surface area contributed by atoms with E-state index in [-0.39, 0.29) is 24.4 Å². The third-order valence-corrected chi connectivity index (χ3v) is 4.68. The monoisotopic (exact) mass is 353 g/mol. The molecule has 1 aliphatic rings. The first kappa shape index (κ1) is 17.8. The molecule has 3 amide bonds. The molecule has 136 valence electrons. The molecule has 0 unspecified atom stereocenters. The minimum Gasteiger partial charge on any atom is -0.497 e. The number of amides is 3. The summed E-state index contributed by atoms with van der Waals surface area (Å²) in [5, 5.41) is 5.75. The largest absolute Gasteiger partial charge is 0.497 e. The van der Waals surface area contributed by atoms with Crippen LogP contribution in [0.4, 0.5) is 16.2 Å². The van der Waals surface area contributed by atoms with Crippen molar-refractivity contribution < 1.29 is 14.3 Å². The van der Waals surface area contributed by atoms with Crippen LogP contribution in [0.2, 0.25) is 0 Å². The summed E-state index contributed by atoms with van der Waals surface area (Å²) in [5.74, 6) is 0.676. The summed E-state index contributed by atoms with van der Waals surface area (Å²) < 4.78 is 5.21. The van der Waals surface area contributed by atoms with Crippen molar-refractivity contribution >= 4 is 23.3 Å². The van der Waals surface area contributed by atoms with Crippen LogP contribution >= 0.6 is 0 Å². The van der Waals surface area contributed by atoms with Gasteiger partial charge in [0.25, 0.3) is 0 Å². The Morgan fingerprint density at radius 2 is 1.96 bits per heavy atom. The van der Waals surface area contributed by atoms with Gasteiger partial charge in [-0.3, -0.25) is 4.79 Å². The van der Waals surface area contributed by atoms with Crippen molar-refractivity contribution in [3.05, 3.63) is 53.6 Å². The van der Waals surface area contributed by atoms with Crippen LogP contribution in [0.25, 0.3) is 0 Å². The summed E-state index contributed by atoms with van der Waals surface area (Å²) in [6, 6.07) is 12.6. The van der Waals surface area contributed by atoms with Crippen molar-refractivity contribution in [3.8, 4) is 5.75 Å². The van der Waals surface area contributed by atoms with Crippen LogP contribution in [-0.4, -0.2) is 31.6 Å². The quantitative estimate of drug-likeness (QED) is 0.886. The Balaban J connectivity index is 1.63. The molecule has 0 saturated carbocycles. The third kappa shape index (κ3) is 3.79. The smallest absolute Gasteiger partial charge is 0.319 e. The SMILES string of the molecule is COc1cccc(N2C[C@@H](NC(=O)Nc3cccc(C)c3C)CC2=O)c1. The zero-order valence-electron chi connectivity index (χ0n) is 15.2. The maximum Gasteiger partial charge on any atom is 0.319 e.